The Morgan fingerprint density at radius 2 is 2.07 bits per heavy atom. The Bertz CT molecular complexity index is 334. The molecule has 0 spiro atoms. The van der Waals surface area contributed by atoms with Crippen LogP contribution >= 0.6 is 11.6 Å². The van der Waals surface area contributed by atoms with Crippen LogP contribution in [0.5, 0.6) is 0 Å². The van der Waals surface area contributed by atoms with Crippen LogP contribution in [-0.2, 0) is 0 Å². The second-order valence-electron chi connectivity index (χ2n) is 4.34. The first-order chi connectivity index (χ1) is 7.16. The maximum absolute atomic E-state index is 6.13. The van der Waals surface area contributed by atoms with Crippen LogP contribution in [0.15, 0.2) is 24.3 Å². The Morgan fingerprint density at radius 3 is 2.67 bits per heavy atom. The van der Waals surface area contributed by atoms with Gasteiger partial charge in [-0.15, -0.1) is 0 Å². The third kappa shape index (κ3) is 2.51. The van der Waals surface area contributed by atoms with Crippen molar-refractivity contribution in [1.29, 1.82) is 0 Å². The number of hydrogen-bond acceptors (Lipinski definition) is 2. The molecule has 3 heteroatoms. The molecule has 1 aliphatic carbocycles. The summed E-state index contributed by atoms with van der Waals surface area (Å²) < 4.78 is 0. The molecule has 1 aromatic rings. The topological polar surface area (TPSA) is 38.0 Å². The fourth-order valence-electron chi connectivity index (χ4n) is 2.07. The second kappa shape index (κ2) is 4.52. The van der Waals surface area contributed by atoms with Gasteiger partial charge in [0.2, 0.25) is 0 Å². The van der Waals surface area contributed by atoms with E-state index in [2.05, 4.69) is 18.3 Å². The van der Waals surface area contributed by atoms with Crippen molar-refractivity contribution >= 4 is 11.6 Å². The van der Waals surface area contributed by atoms with E-state index in [1.807, 2.05) is 18.2 Å². The molecule has 0 aliphatic heterocycles. The Labute approximate surface area is 95.8 Å². The Balaban J connectivity index is 1.96. The lowest BCUT2D eigenvalue weighted by Crippen LogP contribution is -2.49. The average molecular weight is 225 g/mol. The second-order valence-corrected chi connectivity index (χ2v) is 4.75. The van der Waals surface area contributed by atoms with Crippen molar-refractivity contribution in [3.63, 3.8) is 0 Å². The van der Waals surface area contributed by atoms with Gasteiger partial charge < -0.3 is 11.1 Å². The third-order valence-electron chi connectivity index (χ3n) is 3.03. The molecule has 0 bridgehead atoms. The molecule has 1 atom stereocenters. The molecule has 0 amide bonds. The van der Waals surface area contributed by atoms with E-state index in [0.717, 1.165) is 17.9 Å². The van der Waals surface area contributed by atoms with Crippen LogP contribution in [0.25, 0.3) is 0 Å². The molecule has 0 unspecified atom stereocenters. The summed E-state index contributed by atoms with van der Waals surface area (Å²) in [4.78, 5) is 0. The molecule has 1 aliphatic rings. The van der Waals surface area contributed by atoms with Crippen molar-refractivity contribution in [2.45, 2.75) is 37.9 Å². The highest BCUT2D eigenvalue weighted by atomic mass is 35.5. The highest BCUT2D eigenvalue weighted by molar-refractivity contribution is 6.31. The van der Waals surface area contributed by atoms with E-state index in [1.165, 1.54) is 5.56 Å². The van der Waals surface area contributed by atoms with Crippen molar-refractivity contribution in [2.24, 2.45) is 5.73 Å². The minimum absolute atomic E-state index is 0.302. The largest absolute Gasteiger partial charge is 0.328 e. The van der Waals surface area contributed by atoms with Gasteiger partial charge >= 0.3 is 0 Å². The van der Waals surface area contributed by atoms with E-state index >= 15 is 0 Å². The van der Waals surface area contributed by atoms with Gasteiger partial charge in [0.15, 0.2) is 0 Å². The van der Waals surface area contributed by atoms with E-state index in [9.17, 15) is 0 Å². The summed E-state index contributed by atoms with van der Waals surface area (Å²) in [6.07, 6.45) is 2.16. The highest BCUT2D eigenvalue weighted by Gasteiger charge is 2.27. The summed E-state index contributed by atoms with van der Waals surface area (Å²) in [5.41, 5.74) is 6.91. The van der Waals surface area contributed by atoms with Gasteiger partial charge in [0, 0.05) is 23.1 Å². The minimum Gasteiger partial charge on any atom is -0.328 e. The molecule has 1 fully saturated rings. The van der Waals surface area contributed by atoms with Gasteiger partial charge in [-0.1, -0.05) is 29.8 Å². The van der Waals surface area contributed by atoms with E-state index in [4.69, 9.17) is 17.3 Å². The molecule has 3 N–H and O–H groups in total. The van der Waals surface area contributed by atoms with Crippen LogP contribution in [0, 0.1) is 0 Å². The summed E-state index contributed by atoms with van der Waals surface area (Å²) in [5, 5.41) is 4.37. The van der Waals surface area contributed by atoms with E-state index in [-0.39, 0.29) is 0 Å². The van der Waals surface area contributed by atoms with E-state index in [0.29, 0.717) is 18.1 Å². The number of halogens is 1. The maximum Gasteiger partial charge on any atom is 0.0453 e. The van der Waals surface area contributed by atoms with Crippen molar-refractivity contribution in [3.05, 3.63) is 34.9 Å². The van der Waals surface area contributed by atoms with Gasteiger partial charge in [0.1, 0.15) is 0 Å². The SMILES string of the molecule is C[C@@H](NC1CC(N)C1)c1ccccc1Cl. The summed E-state index contributed by atoms with van der Waals surface area (Å²) in [5.74, 6) is 0. The zero-order valence-electron chi connectivity index (χ0n) is 8.91. The van der Waals surface area contributed by atoms with Crippen LogP contribution in [-0.4, -0.2) is 12.1 Å². The van der Waals surface area contributed by atoms with Crippen LogP contribution in [0.3, 0.4) is 0 Å². The molecule has 15 heavy (non-hydrogen) atoms. The molecule has 2 nitrogen and oxygen atoms in total. The Hall–Kier alpha value is -0.570. The van der Waals surface area contributed by atoms with Crippen molar-refractivity contribution in [3.8, 4) is 0 Å². The standard InChI is InChI=1S/C12H17ClN2/c1-8(15-10-6-9(14)7-10)11-4-2-3-5-12(11)13/h2-5,8-10,15H,6-7,14H2,1H3/t8-,9?,10?/m1/s1. The van der Waals surface area contributed by atoms with Crippen LogP contribution in [0.4, 0.5) is 0 Å². The first kappa shape index (κ1) is 10.9. The summed E-state index contributed by atoms with van der Waals surface area (Å²) in [6.45, 7) is 2.14. The van der Waals surface area contributed by atoms with Crippen molar-refractivity contribution < 1.29 is 0 Å². The summed E-state index contributed by atoms with van der Waals surface area (Å²) in [6, 6.07) is 9.23. The highest BCUT2D eigenvalue weighted by Crippen LogP contribution is 2.26. The molecule has 82 valence electrons. The van der Waals surface area contributed by atoms with Gasteiger partial charge in [0.25, 0.3) is 0 Å². The predicted molar refractivity (Wildman–Crippen MR) is 64.0 cm³/mol. The van der Waals surface area contributed by atoms with Gasteiger partial charge in [-0.2, -0.15) is 0 Å². The number of hydrogen-bond donors (Lipinski definition) is 2. The zero-order chi connectivity index (χ0) is 10.8. The Kier molecular flexibility index (Phi) is 3.29. The first-order valence-corrected chi connectivity index (χ1v) is 5.80. The van der Waals surface area contributed by atoms with Gasteiger partial charge in [0.05, 0.1) is 0 Å². The molecule has 0 saturated heterocycles. The zero-order valence-corrected chi connectivity index (χ0v) is 9.67. The molecule has 1 aromatic carbocycles. The third-order valence-corrected chi connectivity index (χ3v) is 3.38. The Morgan fingerprint density at radius 1 is 1.40 bits per heavy atom. The van der Waals surface area contributed by atoms with Crippen molar-refractivity contribution in [2.75, 3.05) is 0 Å². The van der Waals surface area contributed by atoms with Crippen LogP contribution in [0.2, 0.25) is 5.02 Å². The van der Waals surface area contributed by atoms with Gasteiger partial charge in [-0.25, -0.2) is 0 Å². The lowest BCUT2D eigenvalue weighted by Gasteiger charge is -2.35. The number of nitrogens with two attached hydrogens (primary N) is 1. The lowest BCUT2D eigenvalue weighted by atomic mass is 9.87. The number of benzene rings is 1. The molecular weight excluding hydrogens is 208 g/mol. The molecule has 0 radical (unpaired) electrons. The minimum atomic E-state index is 0.302. The molecule has 2 rings (SSSR count). The predicted octanol–water partition coefficient (Wildman–Crippen LogP) is 2.48. The van der Waals surface area contributed by atoms with Crippen LogP contribution < -0.4 is 11.1 Å². The smallest absolute Gasteiger partial charge is 0.0453 e. The first-order valence-electron chi connectivity index (χ1n) is 5.43. The molecular formula is C12H17ClN2. The lowest BCUT2D eigenvalue weighted by molar-refractivity contribution is 0.272. The number of rotatable bonds is 3. The summed E-state index contributed by atoms with van der Waals surface area (Å²) >= 11 is 6.13. The summed E-state index contributed by atoms with van der Waals surface area (Å²) in [7, 11) is 0. The van der Waals surface area contributed by atoms with Crippen LogP contribution in [0.1, 0.15) is 31.4 Å². The van der Waals surface area contributed by atoms with E-state index in [1.54, 1.807) is 0 Å². The van der Waals surface area contributed by atoms with Gasteiger partial charge in [-0.05, 0) is 31.4 Å². The van der Waals surface area contributed by atoms with Crippen molar-refractivity contribution in [1.82, 2.24) is 5.32 Å². The molecule has 0 heterocycles. The molecule has 1 saturated carbocycles. The van der Waals surface area contributed by atoms with Gasteiger partial charge in [-0.3, -0.25) is 0 Å². The quantitative estimate of drug-likeness (QED) is 0.828. The fraction of sp³-hybridized carbons (Fsp3) is 0.500. The fourth-order valence-corrected chi connectivity index (χ4v) is 2.37. The normalized spacial score (nSPS) is 27.1. The maximum atomic E-state index is 6.13. The monoisotopic (exact) mass is 224 g/mol. The molecule has 0 aromatic heterocycles. The number of nitrogens with one attached hydrogen (secondary N) is 1. The average Bonchev–Trinajstić information content (AvgIpc) is 2.16. The van der Waals surface area contributed by atoms with E-state index < -0.39 is 0 Å².